The predicted octanol–water partition coefficient (Wildman–Crippen LogP) is 3.15. The Labute approximate surface area is 167 Å². The molecule has 1 aliphatic rings. The normalized spacial score (nSPS) is 17.2. The largest absolute Gasteiger partial charge is 0.493 e. The predicted molar refractivity (Wildman–Crippen MR) is 110 cm³/mol. The van der Waals surface area contributed by atoms with Gasteiger partial charge in [-0.3, -0.25) is 4.90 Å². The summed E-state index contributed by atoms with van der Waals surface area (Å²) < 4.78 is 16.2. The lowest BCUT2D eigenvalue weighted by Gasteiger charge is -2.33. The Kier molecular flexibility index (Phi) is 7.39. The second kappa shape index (κ2) is 10.2. The van der Waals surface area contributed by atoms with Gasteiger partial charge < -0.3 is 24.6 Å². The molecule has 0 unspecified atom stereocenters. The van der Waals surface area contributed by atoms with Gasteiger partial charge >= 0.3 is 0 Å². The fraction of sp³-hybridized carbons (Fsp3) is 0.455. The summed E-state index contributed by atoms with van der Waals surface area (Å²) >= 11 is 0. The number of benzene rings is 2. The van der Waals surface area contributed by atoms with Crippen molar-refractivity contribution < 1.29 is 19.3 Å². The molecule has 0 aromatic heterocycles. The van der Waals surface area contributed by atoms with E-state index in [0.717, 1.165) is 55.4 Å². The minimum atomic E-state index is 0.0276. The standard InChI is InChI=1S/C22H30N2O4/c1-26-21-9-8-18(14-22(21)27-2)23-19-6-4-10-24(16-19)15-17-5-3-7-20(13-17)28-12-11-25/h3,5,7-9,13-14,19,23,25H,4,6,10-12,15-16H2,1-2H3/t19-/m0/s1. The second-order valence-electron chi connectivity index (χ2n) is 7.01. The van der Waals surface area contributed by atoms with E-state index in [1.54, 1.807) is 14.2 Å². The number of piperidine rings is 1. The number of anilines is 1. The molecule has 28 heavy (non-hydrogen) atoms. The summed E-state index contributed by atoms with van der Waals surface area (Å²) in [5, 5.41) is 12.5. The molecule has 152 valence electrons. The van der Waals surface area contributed by atoms with Crippen molar-refractivity contribution in [3.8, 4) is 17.2 Å². The summed E-state index contributed by atoms with van der Waals surface area (Å²) in [6.07, 6.45) is 2.30. The second-order valence-corrected chi connectivity index (χ2v) is 7.01. The molecule has 0 bridgehead atoms. The summed E-state index contributed by atoms with van der Waals surface area (Å²) in [5.74, 6) is 2.28. The number of nitrogens with zero attached hydrogens (tertiary/aromatic N) is 1. The molecule has 1 heterocycles. The molecule has 2 aromatic carbocycles. The van der Waals surface area contributed by atoms with E-state index in [9.17, 15) is 0 Å². The zero-order valence-electron chi connectivity index (χ0n) is 16.7. The lowest BCUT2D eigenvalue weighted by atomic mass is 10.0. The molecular formula is C22H30N2O4. The van der Waals surface area contributed by atoms with Crippen molar-refractivity contribution in [1.82, 2.24) is 4.90 Å². The molecule has 0 aliphatic carbocycles. The van der Waals surface area contributed by atoms with Gasteiger partial charge in [-0.25, -0.2) is 0 Å². The Bertz CT molecular complexity index is 753. The smallest absolute Gasteiger partial charge is 0.162 e. The number of rotatable bonds is 9. The van der Waals surface area contributed by atoms with E-state index >= 15 is 0 Å². The van der Waals surface area contributed by atoms with Crippen molar-refractivity contribution in [3.63, 3.8) is 0 Å². The molecule has 0 radical (unpaired) electrons. The number of aliphatic hydroxyl groups is 1. The molecule has 2 N–H and O–H groups in total. The molecule has 6 nitrogen and oxygen atoms in total. The number of hydrogen-bond donors (Lipinski definition) is 2. The first-order valence-corrected chi connectivity index (χ1v) is 9.75. The van der Waals surface area contributed by atoms with Crippen molar-refractivity contribution in [3.05, 3.63) is 48.0 Å². The van der Waals surface area contributed by atoms with E-state index in [0.29, 0.717) is 12.6 Å². The van der Waals surface area contributed by atoms with Gasteiger partial charge in [-0.15, -0.1) is 0 Å². The van der Waals surface area contributed by atoms with E-state index in [4.69, 9.17) is 19.3 Å². The molecule has 2 aromatic rings. The number of likely N-dealkylation sites (tertiary alicyclic amines) is 1. The van der Waals surface area contributed by atoms with E-state index in [2.05, 4.69) is 22.3 Å². The van der Waals surface area contributed by atoms with Crippen LogP contribution in [-0.2, 0) is 6.54 Å². The number of methoxy groups -OCH3 is 2. The maximum Gasteiger partial charge on any atom is 0.162 e. The van der Waals surface area contributed by atoms with Gasteiger partial charge in [-0.1, -0.05) is 12.1 Å². The Hall–Kier alpha value is -2.44. The van der Waals surface area contributed by atoms with Crippen LogP contribution < -0.4 is 19.5 Å². The van der Waals surface area contributed by atoms with Crippen LogP contribution in [0.3, 0.4) is 0 Å². The van der Waals surface area contributed by atoms with Gasteiger partial charge in [0.25, 0.3) is 0 Å². The summed E-state index contributed by atoms with van der Waals surface area (Å²) in [6.45, 7) is 3.31. The first kappa shape index (κ1) is 20.3. The molecule has 0 spiro atoms. The van der Waals surface area contributed by atoms with Gasteiger partial charge in [0.2, 0.25) is 0 Å². The van der Waals surface area contributed by atoms with Crippen molar-refractivity contribution in [1.29, 1.82) is 0 Å². The highest BCUT2D eigenvalue weighted by atomic mass is 16.5. The molecule has 1 aliphatic heterocycles. The van der Waals surface area contributed by atoms with Crippen LogP contribution in [0.5, 0.6) is 17.2 Å². The zero-order valence-corrected chi connectivity index (χ0v) is 16.7. The summed E-state index contributed by atoms with van der Waals surface area (Å²) in [4.78, 5) is 2.47. The van der Waals surface area contributed by atoms with E-state index in [1.165, 1.54) is 5.56 Å². The first-order chi connectivity index (χ1) is 13.7. The number of nitrogens with one attached hydrogen (secondary N) is 1. The van der Waals surface area contributed by atoms with Crippen LogP contribution >= 0.6 is 0 Å². The molecule has 1 saturated heterocycles. The maximum atomic E-state index is 8.92. The monoisotopic (exact) mass is 386 g/mol. The van der Waals surface area contributed by atoms with Crippen molar-refractivity contribution in [2.45, 2.75) is 25.4 Å². The number of ether oxygens (including phenoxy) is 3. The van der Waals surface area contributed by atoms with Gasteiger partial charge in [-0.05, 0) is 49.2 Å². The summed E-state index contributed by atoms with van der Waals surface area (Å²) in [5.41, 5.74) is 2.27. The van der Waals surface area contributed by atoms with E-state index in [-0.39, 0.29) is 6.61 Å². The van der Waals surface area contributed by atoms with Crippen LogP contribution in [0.15, 0.2) is 42.5 Å². The zero-order chi connectivity index (χ0) is 19.8. The number of hydrogen-bond acceptors (Lipinski definition) is 6. The van der Waals surface area contributed by atoms with E-state index < -0.39 is 0 Å². The summed E-state index contributed by atoms with van der Waals surface area (Å²) in [6, 6.07) is 14.4. The van der Waals surface area contributed by atoms with Crippen LogP contribution in [0.25, 0.3) is 0 Å². The minimum absolute atomic E-state index is 0.0276. The lowest BCUT2D eigenvalue weighted by Crippen LogP contribution is -2.41. The molecule has 0 amide bonds. The molecule has 6 heteroatoms. The third-order valence-electron chi connectivity index (χ3n) is 4.92. The van der Waals surface area contributed by atoms with Crippen molar-refractivity contribution >= 4 is 5.69 Å². The van der Waals surface area contributed by atoms with Gasteiger partial charge in [-0.2, -0.15) is 0 Å². The van der Waals surface area contributed by atoms with Crippen LogP contribution in [0.1, 0.15) is 18.4 Å². The van der Waals surface area contributed by atoms with Crippen LogP contribution in [0, 0.1) is 0 Å². The highest BCUT2D eigenvalue weighted by molar-refractivity contribution is 5.55. The fourth-order valence-corrected chi connectivity index (χ4v) is 3.63. The quantitative estimate of drug-likeness (QED) is 0.690. The van der Waals surface area contributed by atoms with Gasteiger partial charge in [0.05, 0.1) is 20.8 Å². The first-order valence-electron chi connectivity index (χ1n) is 9.75. The topological polar surface area (TPSA) is 63.2 Å². The number of aliphatic hydroxyl groups excluding tert-OH is 1. The highest BCUT2D eigenvalue weighted by Crippen LogP contribution is 2.30. The van der Waals surface area contributed by atoms with Gasteiger partial charge in [0.15, 0.2) is 11.5 Å². The van der Waals surface area contributed by atoms with E-state index in [1.807, 2.05) is 30.3 Å². The highest BCUT2D eigenvalue weighted by Gasteiger charge is 2.20. The third-order valence-corrected chi connectivity index (χ3v) is 4.92. The summed E-state index contributed by atoms with van der Waals surface area (Å²) in [7, 11) is 3.30. The molecule has 1 fully saturated rings. The SMILES string of the molecule is COc1ccc(N[C@H]2CCCN(Cc3cccc(OCCO)c3)C2)cc1OC. The Morgan fingerprint density at radius 2 is 1.96 bits per heavy atom. The molecule has 1 atom stereocenters. The van der Waals surface area contributed by atoms with Crippen molar-refractivity contribution in [2.75, 3.05) is 45.8 Å². The van der Waals surface area contributed by atoms with Gasteiger partial charge in [0.1, 0.15) is 12.4 Å². The fourth-order valence-electron chi connectivity index (χ4n) is 3.63. The average Bonchev–Trinajstić information content (AvgIpc) is 2.72. The Morgan fingerprint density at radius 1 is 1.11 bits per heavy atom. The Morgan fingerprint density at radius 3 is 2.75 bits per heavy atom. The molecule has 0 saturated carbocycles. The van der Waals surface area contributed by atoms with Crippen LogP contribution in [0.2, 0.25) is 0 Å². The lowest BCUT2D eigenvalue weighted by molar-refractivity contribution is 0.199. The minimum Gasteiger partial charge on any atom is -0.493 e. The van der Waals surface area contributed by atoms with Crippen LogP contribution in [-0.4, -0.2) is 56.6 Å². The molecular weight excluding hydrogens is 356 g/mol. The van der Waals surface area contributed by atoms with Gasteiger partial charge in [0, 0.05) is 30.9 Å². The third kappa shape index (κ3) is 5.53. The van der Waals surface area contributed by atoms with Crippen LogP contribution in [0.4, 0.5) is 5.69 Å². The Balaban J connectivity index is 1.58. The average molecular weight is 386 g/mol. The van der Waals surface area contributed by atoms with Crippen molar-refractivity contribution in [2.24, 2.45) is 0 Å². The maximum absolute atomic E-state index is 8.92. The molecule has 3 rings (SSSR count).